The first-order valence-corrected chi connectivity index (χ1v) is 4.51. The van der Waals surface area contributed by atoms with Gasteiger partial charge in [0.1, 0.15) is 5.69 Å². The number of halogens is 3. The second kappa shape index (κ2) is 5.05. The number of aromatic nitrogens is 1. The van der Waals surface area contributed by atoms with Crippen molar-refractivity contribution in [3.8, 4) is 0 Å². The first-order valence-electron chi connectivity index (χ1n) is 4.51. The molecule has 92 valence electrons. The standard InChI is InChI=1S/C10H10F3N3O/c1-15-9(14)7-5-6(3-4-16-7)8(17-2)10(11,12)13/h3-5,8,14H,1H2,2H3. The van der Waals surface area contributed by atoms with E-state index in [-0.39, 0.29) is 17.1 Å². The summed E-state index contributed by atoms with van der Waals surface area (Å²) in [5.74, 6) is -0.288. The highest BCUT2D eigenvalue weighted by atomic mass is 19.4. The molecule has 0 aliphatic carbocycles. The number of amidine groups is 1. The third-order valence-electron chi connectivity index (χ3n) is 2.02. The molecular weight excluding hydrogens is 235 g/mol. The van der Waals surface area contributed by atoms with Crippen LogP contribution in [-0.2, 0) is 4.74 Å². The zero-order valence-corrected chi connectivity index (χ0v) is 8.95. The molecule has 1 aromatic heterocycles. The molecule has 0 radical (unpaired) electrons. The van der Waals surface area contributed by atoms with Gasteiger partial charge in [0.25, 0.3) is 0 Å². The molecule has 7 heteroatoms. The first-order chi connectivity index (χ1) is 7.90. The predicted octanol–water partition coefficient (Wildman–Crippen LogP) is 2.36. The van der Waals surface area contributed by atoms with Gasteiger partial charge in [-0.15, -0.1) is 0 Å². The summed E-state index contributed by atoms with van der Waals surface area (Å²) in [6, 6.07) is 2.29. The number of pyridine rings is 1. The van der Waals surface area contributed by atoms with Crippen molar-refractivity contribution in [2.75, 3.05) is 7.11 Å². The Labute approximate surface area is 95.7 Å². The maximum absolute atomic E-state index is 12.6. The Morgan fingerprint density at radius 3 is 2.71 bits per heavy atom. The monoisotopic (exact) mass is 245 g/mol. The molecule has 0 amide bonds. The van der Waals surface area contributed by atoms with Gasteiger partial charge in [-0.3, -0.25) is 10.4 Å². The molecule has 17 heavy (non-hydrogen) atoms. The van der Waals surface area contributed by atoms with Crippen LogP contribution in [0.25, 0.3) is 0 Å². The van der Waals surface area contributed by atoms with Crippen molar-refractivity contribution >= 4 is 12.6 Å². The lowest BCUT2D eigenvalue weighted by molar-refractivity contribution is -0.216. The van der Waals surface area contributed by atoms with E-state index in [9.17, 15) is 13.2 Å². The normalized spacial score (nSPS) is 13.2. The summed E-state index contributed by atoms with van der Waals surface area (Å²) in [5, 5.41) is 7.32. The van der Waals surface area contributed by atoms with Crippen LogP contribution in [0.15, 0.2) is 23.3 Å². The molecule has 0 aromatic carbocycles. The SMILES string of the molecule is C=NC(=N)c1cc(C(OC)C(F)(F)F)ccn1. The zero-order chi connectivity index (χ0) is 13.1. The summed E-state index contributed by atoms with van der Waals surface area (Å²) in [5.41, 5.74) is -0.109. The van der Waals surface area contributed by atoms with Crippen LogP contribution in [0.2, 0.25) is 0 Å². The van der Waals surface area contributed by atoms with E-state index >= 15 is 0 Å². The number of hydrogen-bond donors (Lipinski definition) is 1. The largest absolute Gasteiger partial charge is 0.418 e. The number of aliphatic imine (C=N–C) groups is 1. The highest BCUT2D eigenvalue weighted by molar-refractivity contribution is 5.97. The van der Waals surface area contributed by atoms with Gasteiger partial charge in [0, 0.05) is 13.3 Å². The summed E-state index contributed by atoms with van der Waals surface area (Å²) in [7, 11) is 0.968. The van der Waals surface area contributed by atoms with Crippen LogP contribution >= 0.6 is 0 Å². The quantitative estimate of drug-likeness (QED) is 0.656. The van der Waals surface area contributed by atoms with Gasteiger partial charge in [-0.25, -0.2) is 4.99 Å². The fourth-order valence-electron chi connectivity index (χ4n) is 1.28. The molecule has 1 aromatic rings. The fraction of sp³-hybridized carbons (Fsp3) is 0.300. The van der Waals surface area contributed by atoms with Gasteiger partial charge in [-0.2, -0.15) is 13.2 Å². The van der Waals surface area contributed by atoms with Crippen LogP contribution in [0.1, 0.15) is 17.4 Å². The molecule has 1 N–H and O–H groups in total. The second-order valence-electron chi connectivity index (χ2n) is 3.14. The Kier molecular flexibility index (Phi) is 3.95. The van der Waals surface area contributed by atoms with Gasteiger partial charge >= 0.3 is 6.18 Å². The van der Waals surface area contributed by atoms with Crippen molar-refractivity contribution in [2.24, 2.45) is 4.99 Å². The molecule has 0 saturated carbocycles. The molecule has 0 bridgehead atoms. The van der Waals surface area contributed by atoms with E-state index in [1.54, 1.807) is 0 Å². The molecule has 0 aliphatic heterocycles. The van der Waals surface area contributed by atoms with E-state index in [1.807, 2.05) is 0 Å². The highest BCUT2D eigenvalue weighted by Gasteiger charge is 2.41. The van der Waals surface area contributed by atoms with E-state index in [0.717, 1.165) is 13.2 Å². The van der Waals surface area contributed by atoms with Crippen LogP contribution in [0.5, 0.6) is 0 Å². The molecule has 1 rings (SSSR count). The molecule has 1 unspecified atom stereocenters. The van der Waals surface area contributed by atoms with Crippen molar-refractivity contribution < 1.29 is 17.9 Å². The average molecular weight is 245 g/mol. The number of rotatable bonds is 3. The minimum atomic E-state index is -4.52. The van der Waals surface area contributed by atoms with Gasteiger partial charge in [-0.05, 0) is 24.4 Å². The fourth-order valence-corrected chi connectivity index (χ4v) is 1.28. The highest BCUT2D eigenvalue weighted by Crippen LogP contribution is 2.35. The zero-order valence-electron chi connectivity index (χ0n) is 8.95. The number of hydrogen-bond acceptors (Lipinski definition) is 3. The Balaban J connectivity index is 3.14. The lowest BCUT2D eigenvalue weighted by atomic mass is 10.1. The second-order valence-corrected chi connectivity index (χ2v) is 3.14. The van der Waals surface area contributed by atoms with Gasteiger partial charge in [0.2, 0.25) is 0 Å². The van der Waals surface area contributed by atoms with E-state index in [2.05, 4.69) is 21.4 Å². The molecule has 4 nitrogen and oxygen atoms in total. The van der Waals surface area contributed by atoms with Gasteiger partial charge in [0.05, 0.1) is 0 Å². The topological polar surface area (TPSA) is 58.3 Å². The molecular formula is C10H10F3N3O. The smallest absolute Gasteiger partial charge is 0.367 e. The number of nitrogens with one attached hydrogen (secondary N) is 1. The van der Waals surface area contributed by atoms with Gasteiger partial charge < -0.3 is 4.74 Å². The summed E-state index contributed by atoms with van der Waals surface area (Å²) in [6.07, 6.45) is -5.39. The van der Waals surface area contributed by atoms with E-state index in [0.29, 0.717) is 0 Å². The summed E-state index contributed by atoms with van der Waals surface area (Å²) in [4.78, 5) is 7.02. The Morgan fingerprint density at radius 1 is 1.59 bits per heavy atom. The van der Waals surface area contributed by atoms with Crippen molar-refractivity contribution in [1.82, 2.24) is 4.98 Å². The minimum absolute atomic E-state index is 0.0174. The molecule has 0 aliphatic rings. The average Bonchev–Trinajstić information content (AvgIpc) is 2.27. The number of alkyl halides is 3. The van der Waals surface area contributed by atoms with Crippen molar-refractivity contribution in [3.05, 3.63) is 29.6 Å². The van der Waals surface area contributed by atoms with Crippen LogP contribution in [0, 0.1) is 5.41 Å². The Bertz CT molecular complexity index is 431. The third kappa shape index (κ3) is 3.10. The van der Waals surface area contributed by atoms with Crippen LogP contribution < -0.4 is 0 Å². The van der Waals surface area contributed by atoms with Crippen LogP contribution in [0.3, 0.4) is 0 Å². The Hall–Kier alpha value is -1.76. The lowest BCUT2D eigenvalue weighted by Gasteiger charge is -2.19. The molecule has 1 atom stereocenters. The van der Waals surface area contributed by atoms with Crippen LogP contribution in [-0.4, -0.2) is 30.8 Å². The van der Waals surface area contributed by atoms with Crippen molar-refractivity contribution in [1.29, 1.82) is 5.41 Å². The van der Waals surface area contributed by atoms with Crippen LogP contribution in [0.4, 0.5) is 13.2 Å². The Morgan fingerprint density at radius 2 is 2.24 bits per heavy atom. The van der Waals surface area contributed by atoms with E-state index < -0.39 is 12.3 Å². The predicted molar refractivity (Wildman–Crippen MR) is 56.4 cm³/mol. The van der Waals surface area contributed by atoms with E-state index in [4.69, 9.17) is 5.41 Å². The summed E-state index contributed by atoms with van der Waals surface area (Å²) < 4.78 is 42.2. The van der Waals surface area contributed by atoms with E-state index in [1.165, 1.54) is 12.3 Å². The van der Waals surface area contributed by atoms with Crippen molar-refractivity contribution in [3.63, 3.8) is 0 Å². The first kappa shape index (κ1) is 13.3. The maximum atomic E-state index is 12.6. The minimum Gasteiger partial charge on any atom is -0.367 e. The van der Waals surface area contributed by atoms with Gasteiger partial charge in [0.15, 0.2) is 11.9 Å². The molecule has 0 fully saturated rings. The number of nitrogens with zero attached hydrogens (tertiary/aromatic N) is 2. The van der Waals surface area contributed by atoms with Crippen molar-refractivity contribution in [2.45, 2.75) is 12.3 Å². The number of ether oxygens (including phenoxy) is 1. The number of methoxy groups -OCH3 is 1. The molecule has 0 spiro atoms. The molecule has 1 heterocycles. The summed E-state index contributed by atoms with van der Waals surface area (Å²) in [6.45, 7) is 3.11. The lowest BCUT2D eigenvalue weighted by Crippen LogP contribution is -2.22. The van der Waals surface area contributed by atoms with Gasteiger partial charge in [-0.1, -0.05) is 0 Å². The molecule has 0 saturated heterocycles. The maximum Gasteiger partial charge on any atom is 0.418 e. The summed E-state index contributed by atoms with van der Waals surface area (Å²) >= 11 is 0. The third-order valence-corrected chi connectivity index (χ3v) is 2.02.